The lowest BCUT2D eigenvalue weighted by Crippen LogP contribution is -2.27. The first kappa shape index (κ1) is 14.4. The minimum absolute atomic E-state index is 0.173. The van der Waals surface area contributed by atoms with Crippen LogP contribution in [-0.2, 0) is 6.18 Å². The van der Waals surface area contributed by atoms with Gasteiger partial charge in [-0.3, -0.25) is 0 Å². The van der Waals surface area contributed by atoms with Crippen molar-refractivity contribution in [2.75, 3.05) is 6.54 Å². The fourth-order valence-corrected chi connectivity index (χ4v) is 2.63. The van der Waals surface area contributed by atoms with Crippen LogP contribution in [0.5, 0.6) is 0 Å². The van der Waals surface area contributed by atoms with Crippen LogP contribution in [0.4, 0.5) is 13.2 Å². The van der Waals surface area contributed by atoms with Crippen LogP contribution in [0.3, 0.4) is 0 Å². The molecule has 1 N–H and O–H groups in total. The van der Waals surface area contributed by atoms with E-state index in [2.05, 4.69) is 12.2 Å². The molecular weight excluding hydrogens is 251 g/mol. The number of halogens is 3. The SMILES string of the molecule is CCCNC(c1ccccc1C(F)(F)F)C1CC1C. The standard InChI is InChI=1S/C15H20F3N/c1-3-8-19-14(12-9-10(12)2)11-6-4-5-7-13(11)15(16,17)18/h4-7,10,12,14,19H,3,8-9H2,1-2H3. The van der Waals surface area contributed by atoms with Crippen molar-refractivity contribution in [2.45, 2.75) is 38.9 Å². The van der Waals surface area contributed by atoms with Crippen LogP contribution in [0.15, 0.2) is 24.3 Å². The van der Waals surface area contributed by atoms with Gasteiger partial charge in [0.25, 0.3) is 0 Å². The molecule has 1 aromatic carbocycles. The molecule has 1 aromatic rings. The zero-order valence-corrected chi connectivity index (χ0v) is 11.3. The molecule has 4 heteroatoms. The zero-order valence-electron chi connectivity index (χ0n) is 11.3. The summed E-state index contributed by atoms with van der Waals surface area (Å²) in [7, 11) is 0. The molecule has 0 bridgehead atoms. The molecule has 0 aromatic heterocycles. The summed E-state index contributed by atoms with van der Waals surface area (Å²) in [6.07, 6.45) is -2.35. The van der Waals surface area contributed by atoms with Crippen LogP contribution in [0.2, 0.25) is 0 Å². The maximum Gasteiger partial charge on any atom is 0.416 e. The third kappa shape index (κ3) is 3.30. The van der Waals surface area contributed by atoms with E-state index in [1.165, 1.54) is 12.1 Å². The van der Waals surface area contributed by atoms with E-state index in [0.29, 0.717) is 17.4 Å². The molecule has 106 valence electrons. The Hall–Kier alpha value is -1.03. The van der Waals surface area contributed by atoms with Gasteiger partial charge >= 0.3 is 6.18 Å². The van der Waals surface area contributed by atoms with Crippen molar-refractivity contribution in [2.24, 2.45) is 11.8 Å². The smallest absolute Gasteiger partial charge is 0.310 e. The largest absolute Gasteiger partial charge is 0.416 e. The van der Waals surface area contributed by atoms with Crippen molar-refractivity contribution in [1.82, 2.24) is 5.32 Å². The van der Waals surface area contributed by atoms with Gasteiger partial charge in [0.05, 0.1) is 5.56 Å². The highest BCUT2D eigenvalue weighted by Crippen LogP contribution is 2.49. The minimum Gasteiger partial charge on any atom is -0.310 e. The fraction of sp³-hybridized carbons (Fsp3) is 0.600. The maximum absolute atomic E-state index is 13.1. The van der Waals surface area contributed by atoms with E-state index in [9.17, 15) is 13.2 Å². The molecule has 1 aliphatic carbocycles. The first-order chi connectivity index (χ1) is 8.95. The van der Waals surface area contributed by atoms with E-state index >= 15 is 0 Å². The van der Waals surface area contributed by atoms with Crippen molar-refractivity contribution in [1.29, 1.82) is 0 Å². The van der Waals surface area contributed by atoms with Gasteiger partial charge in [-0.25, -0.2) is 0 Å². The summed E-state index contributed by atoms with van der Waals surface area (Å²) in [6, 6.07) is 5.77. The van der Waals surface area contributed by atoms with E-state index in [1.54, 1.807) is 12.1 Å². The van der Waals surface area contributed by atoms with Crippen LogP contribution in [0.1, 0.15) is 43.9 Å². The molecule has 0 radical (unpaired) electrons. The third-order valence-corrected chi connectivity index (χ3v) is 3.82. The molecule has 0 aliphatic heterocycles. The Morgan fingerprint density at radius 2 is 1.95 bits per heavy atom. The van der Waals surface area contributed by atoms with Crippen molar-refractivity contribution < 1.29 is 13.2 Å². The second-order valence-electron chi connectivity index (χ2n) is 5.39. The molecule has 3 atom stereocenters. The lowest BCUT2D eigenvalue weighted by molar-refractivity contribution is -0.138. The quantitative estimate of drug-likeness (QED) is 0.836. The molecule has 1 nitrogen and oxygen atoms in total. The summed E-state index contributed by atoms with van der Waals surface area (Å²) < 4.78 is 39.3. The van der Waals surface area contributed by atoms with E-state index in [4.69, 9.17) is 0 Å². The molecule has 19 heavy (non-hydrogen) atoms. The topological polar surface area (TPSA) is 12.0 Å². The maximum atomic E-state index is 13.1. The van der Waals surface area contributed by atoms with E-state index in [-0.39, 0.29) is 6.04 Å². The van der Waals surface area contributed by atoms with Crippen molar-refractivity contribution in [3.63, 3.8) is 0 Å². The van der Waals surface area contributed by atoms with Gasteiger partial charge in [0, 0.05) is 6.04 Å². The normalized spacial score (nSPS) is 24.3. The number of rotatable bonds is 5. The van der Waals surface area contributed by atoms with Gasteiger partial charge in [-0.05, 0) is 42.9 Å². The Bertz CT molecular complexity index is 428. The Morgan fingerprint density at radius 3 is 2.47 bits per heavy atom. The molecular formula is C15H20F3N. The van der Waals surface area contributed by atoms with E-state index < -0.39 is 11.7 Å². The second kappa shape index (κ2) is 5.53. The molecule has 1 fully saturated rings. The summed E-state index contributed by atoms with van der Waals surface area (Å²) >= 11 is 0. The Labute approximate surface area is 112 Å². The number of hydrogen-bond donors (Lipinski definition) is 1. The zero-order chi connectivity index (χ0) is 14.0. The molecule has 1 aliphatic rings. The van der Waals surface area contributed by atoms with Gasteiger partial charge in [0.1, 0.15) is 0 Å². The van der Waals surface area contributed by atoms with Gasteiger partial charge < -0.3 is 5.32 Å². The Balaban J connectivity index is 2.31. The summed E-state index contributed by atoms with van der Waals surface area (Å²) in [5.74, 6) is 0.839. The first-order valence-electron chi connectivity index (χ1n) is 6.84. The summed E-state index contributed by atoms with van der Waals surface area (Å²) in [6.45, 7) is 4.87. The first-order valence-corrected chi connectivity index (χ1v) is 6.84. The van der Waals surface area contributed by atoms with E-state index in [1.807, 2.05) is 6.92 Å². The summed E-state index contributed by atoms with van der Waals surface area (Å²) in [5, 5.41) is 3.29. The number of alkyl halides is 3. The van der Waals surface area contributed by atoms with Crippen molar-refractivity contribution in [3.8, 4) is 0 Å². The molecule has 0 saturated heterocycles. The Kier molecular flexibility index (Phi) is 4.19. The van der Waals surface area contributed by atoms with Gasteiger partial charge in [-0.2, -0.15) is 13.2 Å². The fourth-order valence-electron chi connectivity index (χ4n) is 2.63. The lowest BCUT2D eigenvalue weighted by atomic mass is 9.95. The predicted molar refractivity (Wildman–Crippen MR) is 69.7 cm³/mol. The van der Waals surface area contributed by atoms with Gasteiger partial charge in [0.2, 0.25) is 0 Å². The molecule has 0 amide bonds. The van der Waals surface area contributed by atoms with E-state index in [0.717, 1.165) is 19.4 Å². The number of hydrogen-bond acceptors (Lipinski definition) is 1. The molecule has 0 heterocycles. The van der Waals surface area contributed by atoms with Gasteiger partial charge in [-0.1, -0.05) is 32.0 Å². The van der Waals surface area contributed by atoms with Crippen LogP contribution >= 0.6 is 0 Å². The molecule has 2 rings (SSSR count). The summed E-state index contributed by atoms with van der Waals surface area (Å²) in [4.78, 5) is 0. The van der Waals surface area contributed by atoms with Gasteiger partial charge in [0.15, 0.2) is 0 Å². The van der Waals surface area contributed by atoms with Gasteiger partial charge in [-0.15, -0.1) is 0 Å². The lowest BCUT2D eigenvalue weighted by Gasteiger charge is -2.23. The third-order valence-electron chi connectivity index (χ3n) is 3.82. The highest BCUT2D eigenvalue weighted by Gasteiger charge is 2.43. The molecule has 1 saturated carbocycles. The highest BCUT2D eigenvalue weighted by molar-refractivity contribution is 5.33. The number of nitrogens with one attached hydrogen (secondary N) is 1. The average Bonchev–Trinajstić information content (AvgIpc) is 3.06. The molecule has 3 unspecified atom stereocenters. The monoisotopic (exact) mass is 271 g/mol. The molecule has 0 spiro atoms. The second-order valence-corrected chi connectivity index (χ2v) is 5.39. The van der Waals surface area contributed by atoms with Crippen molar-refractivity contribution in [3.05, 3.63) is 35.4 Å². The summed E-state index contributed by atoms with van der Waals surface area (Å²) in [5.41, 5.74) is -0.0968. The van der Waals surface area contributed by atoms with Crippen LogP contribution in [0.25, 0.3) is 0 Å². The Morgan fingerprint density at radius 1 is 1.32 bits per heavy atom. The predicted octanol–water partition coefficient (Wildman–Crippen LogP) is 4.40. The highest BCUT2D eigenvalue weighted by atomic mass is 19.4. The van der Waals surface area contributed by atoms with Crippen LogP contribution < -0.4 is 5.32 Å². The van der Waals surface area contributed by atoms with Crippen LogP contribution in [0, 0.1) is 11.8 Å². The minimum atomic E-state index is -4.28. The number of benzene rings is 1. The van der Waals surface area contributed by atoms with Crippen molar-refractivity contribution >= 4 is 0 Å². The average molecular weight is 271 g/mol. The van der Waals surface area contributed by atoms with Crippen LogP contribution in [-0.4, -0.2) is 6.54 Å².